The van der Waals surface area contributed by atoms with Crippen LogP contribution in [0.2, 0.25) is 0 Å². The van der Waals surface area contributed by atoms with Gasteiger partial charge in [-0.05, 0) is 55.8 Å². The van der Waals surface area contributed by atoms with Gasteiger partial charge < -0.3 is 15.2 Å². The molecule has 0 spiro atoms. The molecule has 148 valence electrons. The van der Waals surface area contributed by atoms with E-state index in [4.69, 9.17) is 9.84 Å². The Hall–Kier alpha value is -3.00. The molecule has 0 saturated carbocycles. The summed E-state index contributed by atoms with van der Waals surface area (Å²) in [5.74, 6) is -1.94. The lowest BCUT2D eigenvalue weighted by Crippen LogP contribution is -2.20. The number of ether oxygens (including phenoxy) is 1. The average molecular weight is 403 g/mol. The number of amides is 1. The second kappa shape index (κ2) is 9.80. The maximum absolute atomic E-state index is 12.2. The van der Waals surface area contributed by atoms with Crippen molar-refractivity contribution in [2.45, 2.75) is 25.7 Å². The number of benzene rings is 2. The summed E-state index contributed by atoms with van der Waals surface area (Å²) < 4.78 is 17.2. The molecule has 7 nitrogen and oxygen atoms in total. The van der Waals surface area contributed by atoms with Gasteiger partial charge in [-0.1, -0.05) is 12.1 Å². The standard InChI is InChI=1S/C20H21NO6S/c1-13(2)27-20(25)16-7-9-17(10-8-16)21-18(22)12-28(26)11-14-3-5-15(6-4-14)19(23)24/h3-10,13H,11-12H2,1-2H3,(H,21,22)(H,23,24). The molecule has 2 aromatic carbocycles. The molecule has 1 unspecified atom stereocenters. The SMILES string of the molecule is CC(C)OC(=O)c1ccc(NC(=O)CS(=O)Cc2ccc(C(=O)O)cc2)cc1. The highest BCUT2D eigenvalue weighted by Gasteiger charge is 2.12. The lowest BCUT2D eigenvalue weighted by Gasteiger charge is -2.09. The molecule has 0 heterocycles. The molecule has 2 N–H and O–H groups in total. The molecule has 8 heteroatoms. The predicted molar refractivity (Wildman–Crippen MR) is 106 cm³/mol. The molecule has 1 amide bonds. The number of aromatic carboxylic acids is 1. The fraction of sp³-hybridized carbons (Fsp3) is 0.250. The number of carboxylic acid groups (broad SMARTS) is 1. The molecule has 28 heavy (non-hydrogen) atoms. The first-order valence-corrected chi connectivity index (χ1v) is 10.0. The van der Waals surface area contributed by atoms with Crippen molar-refractivity contribution in [3.63, 3.8) is 0 Å². The van der Waals surface area contributed by atoms with Crippen molar-refractivity contribution in [3.8, 4) is 0 Å². The lowest BCUT2D eigenvalue weighted by atomic mass is 10.1. The van der Waals surface area contributed by atoms with E-state index in [1.165, 1.54) is 12.1 Å². The molecule has 0 bridgehead atoms. The minimum Gasteiger partial charge on any atom is -0.478 e. The number of hydrogen-bond acceptors (Lipinski definition) is 5. The van der Waals surface area contributed by atoms with Gasteiger partial charge in [-0.3, -0.25) is 9.00 Å². The van der Waals surface area contributed by atoms with Crippen LogP contribution >= 0.6 is 0 Å². The zero-order valence-electron chi connectivity index (χ0n) is 15.5. The van der Waals surface area contributed by atoms with Crippen molar-refractivity contribution >= 4 is 34.3 Å². The molecule has 0 saturated heterocycles. The molecule has 1 atom stereocenters. The third-order valence-electron chi connectivity index (χ3n) is 3.57. The topological polar surface area (TPSA) is 110 Å². The highest BCUT2D eigenvalue weighted by atomic mass is 32.2. The van der Waals surface area contributed by atoms with Crippen molar-refractivity contribution < 1.29 is 28.4 Å². The van der Waals surface area contributed by atoms with Gasteiger partial charge in [-0.25, -0.2) is 9.59 Å². The summed E-state index contributed by atoms with van der Waals surface area (Å²) in [5, 5.41) is 11.5. The summed E-state index contributed by atoms with van der Waals surface area (Å²) in [7, 11) is -1.44. The Morgan fingerprint density at radius 1 is 1.00 bits per heavy atom. The van der Waals surface area contributed by atoms with Crippen molar-refractivity contribution in [3.05, 3.63) is 65.2 Å². The van der Waals surface area contributed by atoms with Gasteiger partial charge in [0.05, 0.1) is 17.2 Å². The number of hydrogen-bond donors (Lipinski definition) is 2. The molecule has 2 aromatic rings. The van der Waals surface area contributed by atoms with E-state index in [9.17, 15) is 18.6 Å². The third-order valence-corrected chi connectivity index (χ3v) is 4.81. The van der Waals surface area contributed by atoms with Crippen molar-refractivity contribution in [2.24, 2.45) is 0 Å². The Balaban J connectivity index is 1.86. The molecule has 2 rings (SSSR count). The van der Waals surface area contributed by atoms with Gasteiger partial charge in [0.1, 0.15) is 5.75 Å². The van der Waals surface area contributed by atoms with Gasteiger partial charge in [0, 0.05) is 22.2 Å². The van der Waals surface area contributed by atoms with E-state index in [0.717, 1.165) is 0 Å². The van der Waals surface area contributed by atoms with Crippen molar-refractivity contribution in [2.75, 3.05) is 11.1 Å². The van der Waals surface area contributed by atoms with Crippen LogP contribution in [-0.2, 0) is 26.1 Å². The predicted octanol–water partition coefficient (Wildman–Crippen LogP) is 2.84. The first-order valence-electron chi connectivity index (χ1n) is 8.52. The number of nitrogens with one attached hydrogen (secondary N) is 1. The maximum atomic E-state index is 12.2. The van der Waals surface area contributed by atoms with E-state index in [0.29, 0.717) is 16.8 Å². The number of esters is 1. The summed E-state index contributed by atoms with van der Waals surface area (Å²) >= 11 is 0. The van der Waals surface area contributed by atoms with Crippen LogP contribution in [0.5, 0.6) is 0 Å². The van der Waals surface area contributed by atoms with Crippen molar-refractivity contribution in [1.29, 1.82) is 0 Å². The second-order valence-electron chi connectivity index (χ2n) is 6.31. The van der Waals surface area contributed by atoms with Gasteiger partial charge in [0.15, 0.2) is 0 Å². The second-order valence-corrected chi connectivity index (χ2v) is 7.77. The van der Waals surface area contributed by atoms with Gasteiger partial charge in [0.2, 0.25) is 5.91 Å². The Morgan fingerprint density at radius 3 is 2.11 bits per heavy atom. The van der Waals surface area contributed by atoms with Crippen LogP contribution in [0.15, 0.2) is 48.5 Å². The molecule has 0 fully saturated rings. The quantitative estimate of drug-likeness (QED) is 0.656. The van der Waals surface area contributed by atoms with E-state index in [1.54, 1.807) is 50.2 Å². The van der Waals surface area contributed by atoms with E-state index in [1.807, 2.05) is 0 Å². The number of anilines is 1. The van der Waals surface area contributed by atoms with Crippen LogP contribution < -0.4 is 5.32 Å². The number of carboxylic acids is 1. The summed E-state index contributed by atoms with van der Waals surface area (Å²) in [4.78, 5) is 34.7. The average Bonchev–Trinajstić information content (AvgIpc) is 2.61. The molecule has 0 radical (unpaired) electrons. The van der Waals surface area contributed by atoms with Crippen LogP contribution in [-0.4, -0.2) is 39.0 Å². The van der Waals surface area contributed by atoms with Crippen molar-refractivity contribution in [1.82, 2.24) is 0 Å². The summed E-state index contributed by atoms with van der Waals surface area (Å²) in [6, 6.07) is 12.2. The minimum atomic E-state index is -1.44. The molecule has 0 aromatic heterocycles. The number of rotatable bonds is 8. The molecule has 0 aliphatic carbocycles. The van der Waals surface area contributed by atoms with Gasteiger partial charge in [-0.15, -0.1) is 0 Å². The van der Waals surface area contributed by atoms with Crippen LogP contribution in [0.25, 0.3) is 0 Å². The molecule has 0 aliphatic rings. The lowest BCUT2D eigenvalue weighted by molar-refractivity contribution is -0.113. The Bertz CT molecular complexity index is 875. The number of carbonyl (C=O) groups excluding carboxylic acids is 2. The maximum Gasteiger partial charge on any atom is 0.338 e. The Labute approximate surface area is 165 Å². The van der Waals surface area contributed by atoms with Gasteiger partial charge in [0.25, 0.3) is 0 Å². The van der Waals surface area contributed by atoms with Crippen LogP contribution in [0, 0.1) is 0 Å². The Morgan fingerprint density at radius 2 is 1.57 bits per heavy atom. The highest BCUT2D eigenvalue weighted by molar-refractivity contribution is 7.84. The van der Waals surface area contributed by atoms with E-state index in [-0.39, 0.29) is 23.2 Å². The molecule has 0 aliphatic heterocycles. The van der Waals surface area contributed by atoms with Gasteiger partial charge in [-0.2, -0.15) is 0 Å². The summed E-state index contributed by atoms with van der Waals surface area (Å²) in [6.07, 6.45) is -0.220. The van der Waals surface area contributed by atoms with Crippen LogP contribution in [0.1, 0.15) is 40.1 Å². The fourth-order valence-corrected chi connectivity index (χ4v) is 3.33. The first-order chi connectivity index (χ1) is 13.2. The van der Waals surface area contributed by atoms with Crippen LogP contribution in [0.4, 0.5) is 5.69 Å². The normalized spacial score (nSPS) is 11.7. The van der Waals surface area contributed by atoms with Crippen LogP contribution in [0.3, 0.4) is 0 Å². The Kier molecular flexibility index (Phi) is 7.45. The monoisotopic (exact) mass is 403 g/mol. The van der Waals surface area contributed by atoms with E-state index in [2.05, 4.69) is 5.32 Å². The smallest absolute Gasteiger partial charge is 0.338 e. The fourth-order valence-electron chi connectivity index (χ4n) is 2.30. The molecular formula is C20H21NO6S. The van der Waals surface area contributed by atoms with E-state index >= 15 is 0 Å². The summed E-state index contributed by atoms with van der Waals surface area (Å²) in [5.41, 5.74) is 1.69. The minimum absolute atomic E-state index is 0.146. The molecular weight excluding hydrogens is 382 g/mol. The highest BCUT2D eigenvalue weighted by Crippen LogP contribution is 2.12. The zero-order valence-corrected chi connectivity index (χ0v) is 16.3. The third kappa shape index (κ3) is 6.62. The zero-order chi connectivity index (χ0) is 20.7. The summed E-state index contributed by atoms with van der Waals surface area (Å²) in [6.45, 7) is 3.51. The largest absolute Gasteiger partial charge is 0.478 e. The van der Waals surface area contributed by atoms with E-state index < -0.39 is 28.6 Å². The van der Waals surface area contributed by atoms with Gasteiger partial charge >= 0.3 is 11.9 Å². The number of carbonyl (C=O) groups is 3. The first kappa shape index (κ1) is 21.3.